The number of benzene rings is 2. The second-order valence-electron chi connectivity index (χ2n) is 10.2. The van der Waals surface area contributed by atoms with Crippen molar-refractivity contribution in [2.75, 3.05) is 32.7 Å². The smallest absolute Gasteiger partial charge is 0.239 e. The van der Waals surface area contributed by atoms with Crippen LogP contribution in [-0.2, 0) is 17.8 Å². The van der Waals surface area contributed by atoms with Crippen molar-refractivity contribution >= 4 is 28.9 Å². The highest BCUT2D eigenvalue weighted by atomic mass is 16.5. The maximum Gasteiger partial charge on any atom is 0.239 e. The number of piperazine rings is 1. The Balaban J connectivity index is 1.19. The van der Waals surface area contributed by atoms with Crippen molar-refractivity contribution in [1.29, 1.82) is 5.41 Å². The number of carbonyl (C=O) groups is 1. The number of hydrogen-bond acceptors (Lipinski definition) is 7. The number of H-pyrrole nitrogens is 1. The van der Waals surface area contributed by atoms with Crippen LogP contribution in [0.4, 0.5) is 0 Å². The number of allylic oxidation sites excluding steroid dienone is 1. The summed E-state index contributed by atoms with van der Waals surface area (Å²) in [5, 5.41) is 11.7. The summed E-state index contributed by atoms with van der Waals surface area (Å²) in [5.41, 5.74) is 11.0. The third-order valence-corrected chi connectivity index (χ3v) is 7.30. The standard InChI is InChI=1S/C32H37N7O2/c1-2-35-28(12-14-33)26-21-37-31-30(26)29(13-15-36-31)41-25-10-8-23(9-11-25)20-27(34)32(40)39-18-16-38(17-19-39)22-24-6-4-3-5-7-24/h3-15,21,27,33,35H,2,16-20,22,34H2,1H3,(H,36,37)/b28-12-,33-14?. The van der Waals surface area contributed by atoms with E-state index in [1.54, 1.807) is 12.3 Å². The van der Waals surface area contributed by atoms with E-state index in [-0.39, 0.29) is 5.91 Å². The van der Waals surface area contributed by atoms with E-state index in [9.17, 15) is 4.79 Å². The van der Waals surface area contributed by atoms with Crippen molar-refractivity contribution in [3.8, 4) is 11.5 Å². The minimum Gasteiger partial charge on any atom is -0.457 e. The number of pyridine rings is 1. The molecule has 1 unspecified atom stereocenters. The van der Waals surface area contributed by atoms with Crippen molar-refractivity contribution in [3.05, 3.63) is 95.8 Å². The highest BCUT2D eigenvalue weighted by Crippen LogP contribution is 2.34. The van der Waals surface area contributed by atoms with E-state index >= 15 is 0 Å². The van der Waals surface area contributed by atoms with Crippen LogP contribution in [0.2, 0.25) is 0 Å². The van der Waals surface area contributed by atoms with Crippen LogP contribution in [-0.4, -0.2) is 70.7 Å². The molecule has 9 heteroatoms. The van der Waals surface area contributed by atoms with Gasteiger partial charge in [0, 0.05) is 69.1 Å². The van der Waals surface area contributed by atoms with Crippen molar-refractivity contribution in [2.45, 2.75) is 25.9 Å². The van der Waals surface area contributed by atoms with E-state index in [1.807, 2.05) is 54.4 Å². The molecule has 0 radical (unpaired) electrons. The lowest BCUT2D eigenvalue weighted by Gasteiger charge is -2.36. The molecule has 0 spiro atoms. The summed E-state index contributed by atoms with van der Waals surface area (Å²) in [6.07, 6.45) is 7.00. The molecule has 9 nitrogen and oxygen atoms in total. The van der Waals surface area contributed by atoms with Crippen LogP contribution < -0.4 is 15.8 Å². The molecule has 3 heterocycles. The predicted octanol–water partition coefficient (Wildman–Crippen LogP) is 4.17. The Morgan fingerprint density at radius 1 is 1.10 bits per heavy atom. The summed E-state index contributed by atoms with van der Waals surface area (Å²) >= 11 is 0. The molecule has 1 atom stereocenters. The van der Waals surface area contributed by atoms with Gasteiger partial charge in [0.1, 0.15) is 17.1 Å². The first kappa shape index (κ1) is 28.1. The number of aromatic amines is 1. The molecule has 0 aliphatic carbocycles. The molecule has 0 bridgehead atoms. The Kier molecular flexibility index (Phi) is 9.08. The van der Waals surface area contributed by atoms with Crippen molar-refractivity contribution in [1.82, 2.24) is 25.1 Å². The molecule has 1 amide bonds. The molecule has 212 valence electrons. The van der Waals surface area contributed by atoms with Gasteiger partial charge < -0.3 is 31.1 Å². The van der Waals surface area contributed by atoms with Gasteiger partial charge in [-0.05, 0) is 48.7 Å². The van der Waals surface area contributed by atoms with Gasteiger partial charge in [0.05, 0.1) is 11.4 Å². The summed E-state index contributed by atoms with van der Waals surface area (Å²) in [5.74, 6) is 1.33. The molecule has 4 aromatic rings. The zero-order valence-corrected chi connectivity index (χ0v) is 23.3. The number of ether oxygens (including phenoxy) is 1. The van der Waals surface area contributed by atoms with E-state index < -0.39 is 6.04 Å². The number of carbonyl (C=O) groups excluding carboxylic acids is 1. The van der Waals surface area contributed by atoms with Crippen LogP contribution in [0, 0.1) is 5.41 Å². The van der Waals surface area contributed by atoms with Crippen LogP contribution in [0.15, 0.2) is 79.1 Å². The number of nitrogens with zero attached hydrogens (tertiary/aromatic N) is 3. The molecule has 1 aliphatic heterocycles. The number of aromatic nitrogens is 2. The highest BCUT2D eigenvalue weighted by molar-refractivity contribution is 5.97. The Morgan fingerprint density at radius 2 is 1.85 bits per heavy atom. The quantitative estimate of drug-likeness (QED) is 0.208. The van der Waals surface area contributed by atoms with Crippen molar-refractivity contribution in [3.63, 3.8) is 0 Å². The van der Waals surface area contributed by atoms with E-state index in [1.165, 1.54) is 11.8 Å². The molecule has 1 fully saturated rings. The van der Waals surface area contributed by atoms with Gasteiger partial charge >= 0.3 is 0 Å². The van der Waals surface area contributed by atoms with Crippen LogP contribution in [0.1, 0.15) is 23.6 Å². The van der Waals surface area contributed by atoms with E-state index in [4.69, 9.17) is 15.9 Å². The second kappa shape index (κ2) is 13.3. The summed E-state index contributed by atoms with van der Waals surface area (Å²) in [4.78, 5) is 25.0. The van der Waals surface area contributed by atoms with Crippen molar-refractivity contribution < 1.29 is 9.53 Å². The van der Waals surface area contributed by atoms with Gasteiger partial charge in [0.2, 0.25) is 5.91 Å². The lowest BCUT2D eigenvalue weighted by molar-refractivity contribution is -0.134. The number of hydrogen-bond donors (Lipinski definition) is 4. The van der Waals surface area contributed by atoms with Gasteiger partial charge in [0.15, 0.2) is 0 Å². The minimum atomic E-state index is -0.588. The monoisotopic (exact) mass is 551 g/mol. The molecule has 1 aliphatic rings. The van der Waals surface area contributed by atoms with Crippen molar-refractivity contribution in [2.24, 2.45) is 5.73 Å². The molecule has 1 saturated heterocycles. The number of nitrogens with one attached hydrogen (secondary N) is 3. The Hall–Kier alpha value is -4.47. The van der Waals surface area contributed by atoms with Crippen LogP contribution in [0.5, 0.6) is 11.5 Å². The Labute approximate surface area is 240 Å². The average molecular weight is 552 g/mol. The fraction of sp³-hybridized carbons (Fsp3) is 0.281. The Bertz CT molecular complexity index is 1490. The molecule has 0 saturated carbocycles. The first-order valence-electron chi connectivity index (χ1n) is 14.0. The minimum absolute atomic E-state index is 0.00155. The third-order valence-electron chi connectivity index (χ3n) is 7.30. The van der Waals surface area contributed by atoms with Crippen LogP contribution in [0.3, 0.4) is 0 Å². The van der Waals surface area contributed by atoms with Crippen LogP contribution >= 0.6 is 0 Å². The lowest BCUT2D eigenvalue weighted by atomic mass is 10.0. The number of rotatable bonds is 11. The number of fused-ring (bicyclic) bond motifs is 1. The maximum absolute atomic E-state index is 13.1. The van der Waals surface area contributed by atoms with E-state index in [2.05, 4.69) is 44.5 Å². The molecule has 41 heavy (non-hydrogen) atoms. The molecule has 5 rings (SSSR count). The molecular formula is C32H37N7O2. The van der Waals surface area contributed by atoms with Gasteiger partial charge in [-0.15, -0.1) is 0 Å². The van der Waals surface area contributed by atoms with Gasteiger partial charge in [-0.2, -0.15) is 0 Å². The highest BCUT2D eigenvalue weighted by Gasteiger charge is 2.25. The van der Waals surface area contributed by atoms with Gasteiger partial charge in [-0.3, -0.25) is 9.69 Å². The first-order valence-corrected chi connectivity index (χ1v) is 14.0. The molecule has 2 aromatic carbocycles. The fourth-order valence-corrected chi connectivity index (χ4v) is 5.21. The zero-order valence-electron chi connectivity index (χ0n) is 23.3. The van der Waals surface area contributed by atoms with Gasteiger partial charge in [-0.1, -0.05) is 42.5 Å². The molecule has 2 aromatic heterocycles. The second-order valence-corrected chi connectivity index (χ2v) is 10.2. The topological polar surface area (TPSA) is 123 Å². The molecule has 5 N–H and O–H groups in total. The largest absolute Gasteiger partial charge is 0.457 e. The number of nitrogens with two attached hydrogens (primary N) is 1. The zero-order chi connectivity index (χ0) is 28.6. The summed E-state index contributed by atoms with van der Waals surface area (Å²) < 4.78 is 6.27. The SMILES string of the molecule is CCN/C(=C\C=N)c1c[nH]c2nccc(Oc3ccc(CC(N)C(=O)N4CCN(Cc5ccccc5)CC4)cc3)c12. The van der Waals surface area contributed by atoms with Gasteiger partial charge in [-0.25, -0.2) is 4.98 Å². The fourth-order valence-electron chi connectivity index (χ4n) is 5.21. The predicted molar refractivity (Wildman–Crippen MR) is 163 cm³/mol. The third kappa shape index (κ3) is 6.82. The van der Waals surface area contributed by atoms with Crippen LogP contribution in [0.25, 0.3) is 16.7 Å². The normalized spacial score (nSPS) is 15.1. The summed E-state index contributed by atoms with van der Waals surface area (Å²) in [6, 6.07) is 19.4. The average Bonchev–Trinajstić information content (AvgIpc) is 3.44. The first-order chi connectivity index (χ1) is 20.1. The molecular weight excluding hydrogens is 514 g/mol. The number of amides is 1. The van der Waals surface area contributed by atoms with E-state index in [0.717, 1.165) is 48.4 Å². The van der Waals surface area contributed by atoms with Gasteiger partial charge in [0.25, 0.3) is 0 Å². The van der Waals surface area contributed by atoms with E-state index in [0.29, 0.717) is 36.7 Å². The summed E-state index contributed by atoms with van der Waals surface area (Å²) in [6.45, 7) is 6.71. The Morgan fingerprint density at radius 3 is 2.56 bits per heavy atom. The lowest BCUT2D eigenvalue weighted by Crippen LogP contribution is -2.53. The summed E-state index contributed by atoms with van der Waals surface area (Å²) in [7, 11) is 0. The maximum atomic E-state index is 13.1.